The number of benzene rings is 1. The van der Waals surface area contributed by atoms with Gasteiger partial charge in [0.05, 0.1) is 11.1 Å². The Hall–Kier alpha value is -0.790. The third-order valence-corrected chi connectivity index (χ3v) is 3.55. The maximum absolute atomic E-state index is 9.13. The van der Waals surface area contributed by atoms with E-state index >= 15 is 0 Å². The van der Waals surface area contributed by atoms with Crippen molar-refractivity contribution in [1.82, 2.24) is 4.57 Å². The van der Waals surface area contributed by atoms with Crippen LogP contribution in [0.3, 0.4) is 0 Å². The van der Waals surface area contributed by atoms with Crippen LogP contribution in [-0.2, 0) is 12.4 Å². The van der Waals surface area contributed by atoms with Crippen LogP contribution in [0.5, 0.6) is 0 Å². The molecule has 0 atom stereocenters. The number of rotatable bonds is 1. The molecule has 2 rings (SSSR count). The summed E-state index contributed by atoms with van der Waals surface area (Å²) in [7, 11) is 1.98. The van der Waals surface area contributed by atoms with Crippen LogP contribution in [0.15, 0.2) is 22.7 Å². The second kappa shape index (κ2) is 3.99. The lowest BCUT2D eigenvalue weighted by molar-refractivity contribution is 0.909. The fraction of sp³-hybridized carbons (Fsp3) is 0.182. The second-order valence-corrected chi connectivity index (χ2v) is 4.76. The predicted molar refractivity (Wildman–Crippen MR) is 68.0 cm³/mol. The smallest absolute Gasteiger partial charge is 0.102 e. The van der Waals surface area contributed by atoms with E-state index in [0.29, 0.717) is 5.33 Å². The molecular weight excluding hydrogens is 320 g/mol. The van der Waals surface area contributed by atoms with Gasteiger partial charge in [0.15, 0.2) is 0 Å². The Morgan fingerprint density at radius 3 is 2.80 bits per heavy atom. The Morgan fingerprint density at radius 1 is 1.47 bits per heavy atom. The Bertz CT molecular complexity index is 564. The molecule has 1 heterocycles. The normalized spacial score (nSPS) is 10.5. The van der Waals surface area contributed by atoms with Gasteiger partial charge >= 0.3 is 0 Å². The molecule has 0 bridgehead atoms. The lowest BCUT2D eigenvalue weighted by Gasteiger charge is -1.99. The molecule has 0 radical (unpaired) electrons. The van der Waals surface area contributed by atoms with Gasteiger partial charge in [-0.15, -0.1) is 0 Å². The van der Waals surface area contributed by atoms with Crippen LogP contribution in [0.4, 0.5) is 0 Å². The monoisotopic (exact) mass is 326 g/mol. The van der Waals surface area contributed by atoms with E-state index in [-0.39, 0.29) is 0 Å². The molecule has 15 heavy (non-hydrogen) atoms. The minimum Gasteiger partial charge on any atom is -0.346 e. The van der Waals surface area contributed by atoms with Gasteiger partial charge < -0.3 is 4.57 Å². The Kier molecular flexibility index (Phi) is 2.85. The van der Waals surface area contributed by atoms with Crippen LogP contribution < -0.4 is 0 Å². The van der Waals surface area contributed by atoms with Gasteiger partial charge in [-0.1, -0.05) is 37.9 Å². The number of halogens is 2. The summed E-state index contributed by atoms with van der Waals surface area (Å²) in [5.41, 5.74) is 2.86. The molecule has 4 heteroatoms. The fourth-order valence-electron chi connectivity index (χ4n) is 1.74. The lowest BCUT2D eigenvalue weighted by Crippen LogP contribution is -1.93. The molecule has 2 aromatic rings. The molecule has 0 saturated carbocycles. The van der Waals surface area contributed by atoms with Crippen LogP contribution in [-0.4, -0.2) is 4.57 Å². The largest absolute Gasteiger partial charge is 0.346 e. The maximum Gasteiger partial charge on any atom is 0.102 e. The first-order valence-corrected chi connectivity index (χ1v) is 6.33. The molecule has 1 aromatic carbocycles. The van der Waals surface area contributed by atoms with E-state index in [4.69, 9.17) is 5.26 Å². The molecule has 0 aliphatic rings. The van der Waals surface area contributed by atoms with Crippen molar-refractivity contribution in [3.63, 3.8) is 0 Å². The van der Waals surface area contributed by atoms with Crippen LogP contribution >= 0.6 is 31.9 Å². The maximum atomic E-state index is 9.13. The van der Waals surface area contributed by atoms with Crippen molar-refractivity contribution in [3.05, 3.63) is 33.9 Å². The highest BCUT2D eigenvalue weighted by Crippen LogP contribution is 2.28. The number of aromatic nitrogens is 1. The van der Waals surface area contributed by atoms with Crippen molar-refractivity contribution in [1.29, 1.82) is 5.26 Å². The summed E-state index contributed by atoms with van der Waals surface area (Å²) in [6.45, 7) is 0. The number of nitrogens with zero attached hydrogens (tertiary/aromatic N) is 2. The van der Waals surface area contributed by atoms with Gasteiger partial charge in [-0.3, -0.25) is 0 Å². The van der Waals surface area contributed by atoms with Gasteiger partial charge in [-0.2, -0.15) is 5.26 Å². The van der Waals surface area contributed by atoms with E-state index in [1.54, 1.807) is 0 Å². The average molecular weight is 328 g/mol. The van der Waals surface area contributed by atoms with Crippen molar-refractivity contribution >= 4 is 42.8 Å². The summed E-state index contributed by atoms with van der Waals surface area (Å²) in [5, 5.41) is 10.8. The van der Waals surface area contributed by atoms with E-state index in [1.165, 1.54) is 0 Å². The molecule has 2 nitrogen and oxygen atoms in total. The zero-order valence-electron chi connectivity index (χ0n) is 8.09. The summed E-state index contributed by atoms with van der Waals surface area (Å²) in [5.74, 6) is 0. The minimum atomic E-state index is 0.693. The van der Waals surface area contributed by atoms with Gasteiger partial charge in [0, 0.05) is 27.9 Å². The van der Waals surface area contributed by atoms with Crippen LogP contribution in [0.25, 0.3) is 10.9 Å². The van der Waals surface area contributed by atoms with E-state index < -0.39 is 0 Å². The van der Waals surface area contributed by atoms with Crippen LogP contribution in [0, 0.1) is 11.3 Å². The zero-order valence-corrected chi connectivity index (χ0v) is 11.3. The Balaban J connectivity index is 2.92. The van der Waals surface area contributed by atoms with Crippen molar-refractivity contribution in [2.24, 2.45) is 7.05 Å². The summed E-state index contributed by atoms with van der Waals surface area (Å²) in [6.07, 6.45) is 0. The van der Waals surface area contributed by atoms with Gasteiger partial charge in [-0.05, 0) is 12.1 Å². The van der Waals surface area contributed by atoms with Crippen molar-refractivity contribution in [3.8, 4) is 6.07 Å². The number of fused-ring (bicyclic) bond motifs is 1. The first kappa shape index (κ1) is 10.7. The molecule has 0 N–H and O–H groups in total. The van der Waals surface area contributed by atoms with Crippen molar-refractivity contribution < 1.29 is 0 Å². The number of nitriles is 1. The molecule has 1 aromatic heterocycles. The topological polar surface area (TPSA) is 28.7 Å². The van der Waals surface area contributed by atoms with Crippen LogP contribution in [0.2, 0.25) is 0 Å². The summed E-state index contributed by atoms with van der Waals surface area (Å²) >= 11 is 6.85. The summed E-state index contributed by atoms with van der Waals surface area (Å²) in [6, 6.07) is 8.23. The number of hydrogen-bond acceptors (Lipinski definition) is 1. The molecule has 0 fully saturated rings. The third kappa shape index (κ3) is 1.60. The van der Waals surface area contributed by atoms with Gasteiger partial charge in [0.1, 0.15) is 6.07 Å². The molecule has 0 aliphatic carbocycles. The summed E-state index contributed by atoms with van der Waals surface area (Å²) in [4.78, 5) is 0. The standard InChI is InChI=1S/C11H8Br2N2/c1-15-10-4-7(13)2-3-8(10)9(6-14)11(15)5-12/h2-4H,5H2,1H3. The number of hydrogen-bond donors (Lipinski definition) is 0. The van der Waals surface area contributed by atoms with E-state index in [9.17, 15) is 0 Å². The van der Waals surface area contributed by atoms with Crippen LogP contribution in [0.1, 0.15) is 11.3 Å². The van der Waals surface area contributed by atoms with E-state index in [1.807, 2.05) is 29.8 Å². The number of alkyl halides is 1. The lowest BCUT2D eigenvalue weighted by atomic mass is 10.1. The molecule has 0 unspecified atom stereocenters. The highest BCUT2D eigenvalue weighted by atomic mass is 79.9. The highest BCUT2D eigenvalue weighted by Gasteiger charge is 2.13. The molecule has 76 valence electrons. The Labute approximate surface area is 105 Å². The average Bonchev–Trinajstić information content (AvgIpc) is 2.51. The molecule has 0 saturated heterocycles. The predicted octanol–water partition coefficient (Wildman–Crippen LogP) is 3.71. The van der Waals surface area contributed by atoms with Gasteiger partial charge in [0.2, 0.25) is 0 Å². The third-order valence-electron chi connectivity index (χ3n) is 2.52. The molecular formula is C11H8Br2N2. The van der Waals surface area contributed by atoms with Gasteiger partial charge in [-0.25, -0.2) is 0 Å². The fourth-order valence-corrected chi connectivity index (χ4v) is 2.75. The zero-order chi connectivity index (χ0) is 11.0. The summed E-state index contributed by atoms with van der Waals surface area (Å²) < 4.78 is 3.08. The minimum absolute atomic E-state index is 0.693. The highest BCUT2D eigenvalue weighted by molar-refractivity contribution is 9.10. The molecule has 0 aliphatic heterocycles. The SMILES string of the molecule is Cn1c(CBr)c(C#N)c2ccc(Br)cc21. The molecule has 0 amide bonds. The van der Waals surface area contributed by atoms with Crippen molar-refractivity contribution in [2.75, 3.05) is 0 Å². The first-order chi connectivity index (χ1) is 7.19. The van der Waals surface area contributed by atoms with Crippen molar-refractivity contribution in [2.45, 2.75) is 5.33 Å². The quantitative estimate of drug-likeness (QED) is 0.734. The van der Waals surface area contributed by atoms with E-state index in [0.717, 1.165) is 26.6 Å². The Morgan fingerprint density at radius 2 is 2.20 bits per heavy atom. The second-order valence-electron chi connectivity index (χ2n) is 3.29. The first-order valence-electron chi connectivity index (χ1n) is 4.42. The van der Waals surface area contributed by atoms with Gasteiger partial charge in [0.25, 0.3) is 0 Å². The number of aryl methyl sites for hydroxylation is 1. The molecule has 0 spiro atoms. The van der Waals surface area contributed by atoms with E-state index in [2.05, 4.69) is 37.9 Å².